The predicted molar refractivity (Wildman–Crippen MR) is 144 cm³/mol. The standard InChI is InChI=1S/C31H42N2O2/c1-4-14-28(30(34)32-23(2)26-17-10-6-11-18-26)22-29(21-25-15-8-5-9-16-25)31(35)33-24(3)27-19-12-7-13-20-27/h4,6-7,10-13,17-20,23-25,28-29H,1,5,8-9,14-16,21-22H2,2-3H3,(H,32,34)(H,33,35)/t23-,24-,28-,29+/m0/s1. The summed E-state index contributed by atoms with van der Waals surface area (Å²) in [6.45, 7) is 7.93. The summed E-state index contributed by atoms with van der Waals surface area (Å²) >= 11 is 0. The van der Waals surface area contributed by atoms with Crippen molar-refractivity contribution >= 4 is 11.8 Å². The van der Waals surface area contributed by atoms with Crippen molar-refractivity contribution < 1.29 is 9.59 Å². The number of allylic oxidation sites excluding steroid dienone is 1. The van der Waals surface area contributed by atoms with E-state index in [2.05, 4.69) is 17.2 Å². The summed E-state index contributed by atoms with van der Waals surface area (Å²) in [5.74, 6) is 0.156. The molecule has 0 heterocycles. The van der Waals surface area contributed by atoms with E-state index in [0.29, 0.717) is 18.8 Å². The molecule has 188 valence electrons. The van der Waals surface area contributed by atoms with Gasteiger partial charge in [0.15, 0.2) is 0 Å². The van der Waals surface area contributed by atoms with E-state index in [0.717, 1.165) is 17.5 Å². The number of nitrogens with one attached hydrogen (secondary N) is 2. The molecule has 2 aromatic carbocycles. The van der Waals surface area contributed by atoms with Crippen molar-refractivity contribution in [3.8, 4) is 0 Å². The van der Waals surface area contributed by atoms with Gasteiger partial charge >= 0.3 is 0 Å². The van der Waals surface area contributed by atoms with Gasteiger partial charge < -0.3 is 10.6 Å². The van der Waals surface area contributed by atoms with Crippen LogP contribution in [0.1, 0.15) is 88.4 Å². The van der Waals surface area contributed by atoms with Crippen LogP contribution in [-0.4, -0.2) is 11.8 Å². The number of hydrogen-bond donors (Lipinski definition) is 2. The summed E-state index contributed by atoms with van der Waals surface area (Å²) in [5, 5.41) is 6.42. The molecular weight excluding hydrogens is 432 g/mol. The molecule has 0 spiro atoms. The van der Waals surface area contributed by atoms with Crippen LogP contribution in [0.5, 0.6) is 0 Å². The number of hydrogen-bond acceptors (Lipinski definition) is 2. The molecule has 0 bridgehead atoms. The van der Waals surface area contributed by atoms with Gasteiger partial charge in [0.05, 0.1) is 12.1 Å². The average Bonchev–Trinajstić information content (AvgIpc) is 2.89. The van der Waals surface area contributed by atoms with Crippen molar-refractivity contribution in [3.05, 3.63) is 84.4 Å². The Balaban J connectivity index is 1.71. The molecule has 0 aliphatic heterocycles. The molecule has 4 heteroatoms. The van der Waals surface area contributed by atoms with Crippen molar-refractivity contribution in [3.63, 3.8) is 0 Å². The van der Waals surface area contributed by atoms with Crippen molar-refractivity contribution in [1.29, 1.82) is 0 Å². The maximum atomic E-state index is 13.5. The van der Waals surface area contributed by atoms with Gasteiger partial charge in [0.1, 0.15) is 0 Å². The molecule has 0 aromatic heterocycles. The smallest absolute Gasteiger partial charge is 0.223 e. The Kier molecular flexibility index (Phi) is 10.6. The second kappa shape index (κ2) is 13.9. The number of carbonyl (C=O) groups is 2. The van der Waals surface area contributed by atoms with Gasteiger partial charge in [-0.1, -0.05) is 98.8 Å². The molecule has 1 aliphatic carbocycles. The molecule has 1 aliphatic rings. The zero-order chi connectivity index (χ0) is 25.0. The highest BCUT2D eigenvalue weighted by molar-refractivity contribution is 5.82. The third-order valence-electron chi connectivity index (χ3n) is 7.42. The summed E-state index contributed by atoms with van der Waals surface area (Å²) < 4.78 is 0. The number of rotatable bonds is 12. The van der Waals surface area contributed by atoms with Crippen molar-refractivity contribution in [2.75, 3.05) is 0 Å². The van der Waals surface area contributed by atoms with E-state index in [1.54, 1.807) is 6.08 Å². The Morgan fingerprint density at radius 2 is 1.31 bits per heavy atom. The van der Waals surface area contributed by atoms with E-state index in [9.17, 15) is 9.59 Å². The molecule has 2 amide bonds. The Hall–Kier alpha value is -2.88. The molecule has 3 rings (SSSR count). The molecule has 35 heavy (non-hydrogen) atoms. The van der Waals surface area contributed by atoms with Crippen LogP contribution in [0.4, 0.5) is 0 Å². The lowest BCUT2D eigenvalue weighted by Gasteiger charge is -2.29. The van der Waals surface area contributed by atoms with E-state index in [-0.39, 0.29) is 35.7 Å². The second-order valence-corrected chi connectivity index (χ2v) is 10.2. The highest BCUT2D eigenvalue weighted by atomic mass is 16.2. The van der Waals surface area contributed by atoms with Crippen molar-refractivity contribution in [2.45, 2.75) is 77.3 Å². The molecule has 4 nitrogen and oxygen atoms in total. The summed E-state index contributed by atoms with van der Waals surface area (Å²) in [6, 6.07) is 19.9. The Labute approximate surface area is 211 Å². The lowest BCUT2D eigenvalue weighted by molar-refractivity contribution is -0.129. The van der Waals surface area contributed by atoms with Crippen LogP contribution >= 0.6 is 0 Å². The normalized spacial score (nSPS) is 17.5. The highest BCUT2D eigenvalue weighted by Gasteiger charge is 2.30. The van der Waals surface area contributed by atoms with Crippen LogP contribution in [0, 0.1) is 17.8 Å². The van der Waals surface area contributed by atoms with Crippen molar-refractivity contribution in [2.24, 2.45) is 17.8 Å². The molecule has 2 aromatic rings. The van der Waals surface area contributed by atoms with Crippen LogP contribution in [0.3, 0.4) is 0 Å². The van der Waals surface area contributed by atoms with Crippen LogP contribution in [0.15, 0.2) is 73.3 Å². The van der Waals surface area contributed by atoms with Crippen molar-refractivity contribution in [1.82, 2.24) is 10.6 Å². The lowest BCUT2D eigenvalue weighted by Crippen LogP contribution is -2.38. The highest BCUT2D eigenvalue weighted by Crippen LogP contribution is 2.33. The van der Waals surface area contributed by atoms with Crippen LogP contribution in [0.25, 0.3) is 0 Å². The van der Waals surface area contributed by atoms with Gasteiger partial charge in [-0.15, -0.1) is 6.58 Å². The minimum atomic E-state index is -0.273. The Morgan fingerprint density at radius 3 is 1.80 bits per heavy atom. The Morgan fingerprint density at radius 1 is 0.829 bits per heavy atom. The van der Waals surface area contributed by atoms with E-state index in [4.69, 9.17) is 0 Å². The van der Waals surface area contributed by atoms with E-state index in [1.807, 2.05) is 74.5 Å². The summed E-state index contributed by atoms with van der Waals surface area (Å²) in [5.41, 5.74) is 2.17. The number of carbonyl (C=O) groups excluding carboxylic acids is 2. The fraction of sp³-hybridized carbons (Fsp3) is 0.484. The molecule has 0 radical (unpaired) electrons. The van der Waals surface area contributed by atoms with Gasteiger partial charge in [0.2, 0.25) is 11.8 Å². The molecule has 2 N–H and O–H groups in total. The molecular formula is C31H42N2O2. The maximum absolute atomic E-state index is 13.5. The van der Waals surface area contributed by atoms with E-state index < -0.39 is 0 Å². The fourth-order valence-electron chi connectivity index (χ4n) is 5.30. The first kappa shape index (κ1) is 26.7. The monoisotopic (exact) mass is 474 g/mol. The van der Waals surface area contributed by atoms with Crippen LogP contribution in [0.2, 0.25) is 0 Å². The molecule has 0 saturated heterocycles. The van der Waals surface area contributed by atoms with Gasteiger partial charge in [-0.2, -0.15) is 0 Å². The fourth-order valence-corrected chi connectivity index (χ4v) is 5.30. The lowest BCUT2D eigenvalue weighted by atomic mass is 9.79. The van der Waals surface area contributed by atoms with Crippen LogP contribution < -0.4 is 10.6 Å². The molecule has 1 fully saturated rings. The SMILES string of the molecule is C=CC[C@@H](C[C@@H](CC1CCCCC1)C(=O)N[C@@H](C)c1ccccc1)C(=O)N[C@@H](C)c1ccccc1. The largest absolute Gasteiger partial charge is 0.349 e. The van der Waals surface area contributed by atoms with Gasteiger partial charge in [-0.3, -0.25) is 9.59 Å². The maximum Gasteiger partial charge on any atom is 0.223 e. The van der Waals surface area contributed by atoms with Crippen LogP contribution in [-0.2, 0) is 9.59 Å². The third-order valence-corrected chi connectivity index (χ3v) is 7.42. The zero-order valence-electron chi connectivity index (χ0n) is 21.4. The minimum Gasteiger partial charge on any atom is -0.349 e. The quantitative estimate of drug-likeness (QED) is 0.328. The first-order chi connectivity index (χ1) is 17.0. The van der Waals surface area contributed by atoms with E-state index >= 15 is 0 Å². The van der Waals surface area contributed by atoms with Gasteiger partial charge in [-0.25, -0.2) is 0 Å². The van der Waals surface area contributed by atoms with Gasteiger partial charge in [-0.05, 0) is 50.2 Å². The minimum absolute atomic E-state index is 0.00111. The first-order valence-corrected chi connectivity index (χ1v) is 13.3. The molecule has 0 unspecified atom stereocenters. The predicted octanol–water partition coefficient (Wildman–Crippen LogP) is 6.91. The average molecular weight is 475 g/mol. The Bertz CT molecular complexity index is 922. The summed E-state index contributed by atoms with van der Waals surface area (Å²) in [6.07, 6.45) is 9.90. The van der Waals surface area contributed by atoms with Gasteiger partial charge in [0.25, 0.3) is 0 Å². The topological polar surface area (TPSA) is 58.2 Å². The molecule has 4 atom stereocenters. The van der Waals surface area contributed by atoms with E-state index in [1.165, 1.54) is 32.1 Å². The second-order valence-electron chi connectivity index (χ2n) is 10.2. The zero-order valence-corrected chi connectivity index (χ0v) is 21.4. The third kappa shape index (κ3) is 8.38. The molecule has 1 saturated carbocycles. The first-order valence-electron chi connectivity index (χ1n) is 13.3. The van der Waals surface area contributed by atoms with Gasteiger partial charge in [0, 0.05) is 11.8 Å². The number of amides is 2. The summed E-state index contributed by atoms with van der Waals surface area (Å²) in [4.78, 5) is 26.9. The number of benzene rings is 2. The summed E-state index contributed by atoms with van der Waals surface area (Å²) in [7, 11) is 0.